The molecule has 0 aromatic heterocycles. The van der Waals surface area contributed by atoms with Crippen molar-refractivity contribution in [2.75, 3.05) is 26.8 Å². The van der Waals surface area contributed by atoms with Gasteiger partial charge in [0, 0.05) is 25.6 Å². The van der Waals surface area contributed by atoms with Gasteiger partial charge in [-0.15, -0.1) is 0 Å². The van der Waals surface area contributed by atoms with Crippen molar-refractivity contribution in [2.24, 2.45) is 0 Å². The Balaban J connectivity index is 1.93. The normalized spacial score (nSPS) is 18.6. The minimum absolute atomic E-state index is 0.0220. The zero-order valence-electron chi connectivity index (χ0n) is 13.5. The van der Waals surface area contributed by atoms with Crippen LogP contribution in [0.2, 0.25) is 0 Å². The zero-order chi connectivity index (χ0) is 15.5. The number of amides is 2. The van der Waals surface area contributed by atoms with E-state index in [1.165, 1.54) is 11.1 Å². The Bertz CT molecular complexity index is 493. The predicted octanol–water partition coefficient (Wildman–Crippen LogP) is 2.70. The summed E-state index contributed by atoms with van der Waals surface area (Å²) < 4.78 is 5.33. The first-order valence-corrected chi connectivity index (χ1v) is 7.56. The number of carbonyl (C=O) groups excluding carboxylic acids is 1. The Morgan fingerprint density at radius 3 is 2.86 bits per heavy atom. The summed E-state index contributed by atoms with van der Waals surface area (Å²) in [6, 6.07) is 8.63. The molecular formula is C17H26N2O2. The van der Waals surface area contributed by atoms with Gasteiger partial charge in [0.15, 0.2) is 0 Å². The Kier molecular flexibility index (Phi) is 4.88. The van der Waals surface area contributed by atoms with Crippen molar-refractivity contribution in [1.29, 1.82) is 0 Å². The number of rotatable bonds is 4. The van der Waals surface area contributed by atoms with Gasteiger partial charge < -0.3 is 15.0 Å². The van der Waals surface area contributed by atoms with Crippen LogP contribution in [0.1, 0.15) is 31.4 Å². The topological polar surface area (TPSA) is 41.6 Å². The number of nitrogens with zero attached hydrogens (tertiary/aromatic N) is 1. The van der Waals surface area contributed by atoms with Gasteiger partial charge in [-0.2, -0.15) is 0 Å². The van der Waals surface area contributed by atoms with Crippen molar-refractivity contribution in [3.63, 3.8) is 0 Å². The first-order chi connectivity index (χ1) is 9.90. The van der Waals surface area contributed by atoms with Gasteiger partial charge >= 0.3 is 6.03 Å². The molecule has 0 aliphatic carbocycles. The number of urea groups is 1. The number of benzene rings is 1. The number of nitrogens with one attached hydrogen (secondary N) is 1. The van der Waals surface area contributed by atoms with E-state index in [9.17, 15) is 4.79 Å². The molecule has 1 aromatic carbocycles. The molecule has 2 amide bonds. The van der Waals surface area contributed by atoms with E-state index in [0.29, 0.717) is 13.2 Å². The van der Waals surface area contributed by atoms with E-state index in [-0.39, 0.29) is 17.5 Å². The van der Waals surface area contributed by atoms with E-state index in [1.807, 2.05) is 7.05 Å². The van der Waals surface area contributed by atoms with Crippen LogP contribution in [0, 0.1) is 6.92 Å². The summed E-state index contributed by atoms with van der Waals surface area (Å²) in [5.41, 5.74) is 2.40. The van der Waals surface area contributed by atoms with Crippen molar-refractivity contribution in [3.8, 4) is 0 Å². The summed E-state index contributed by atoms with van der Waals surface area (Å²) in [5, 5.41) is 3.05. The van der Waals surface area contributed by atoms with Gasteiger partial charge in [0.2, 0.25) is 0 Å². The van der Waals surface area contributed by atoms with E-state index in [4.69, 9.17) is 4.74 Å². The van der Waals surface area contributed by atoms with Crippen LogP contribution in [0.5, 0.6) is 0 Å². The molecule has 0 radical (unpaired) electrons. The molecule has 1 aliphatic rings. The fourth-order valence-corrected chi connectivity index (χ4v) is 2.58. The van der Waals surface area contributed by atoms with Crippen molar-refractivity contribution < 1.29 is 9.53 Å². The molecule has 1 saturated heterocycles. The standard InChI is InChI=1S/C17H26N2O2/c1-13-6-5-7-14(10-13)17(2,3)12-18-16(20)19(4)15-8-9-21-11-15/h5-7,10,15H,8-9,11-12H2,1-4H3,(H,18,20)/t15-/m0/s1. The van der Waals surface area contributed by atoms with Crippen molar-refractivity contribution >= 4 is 6.03 Å². The highest BCUT2D eigenvalue weighted by molar-refractivity contribution is 5.74. The van der Waals surface area contributed by atoms with Gasteiger partial charge in [-0.25, -0.2) is 4.79 Å². The predicted molar refractivity (Wildman–Crippen MR) is 84.6 cm³/mol. The molecule has 1 aliphatic heterocycles. The first kappa shape index (κ1) is 15.8. The van der Waals surface area contributed by atoms with Gasteiger partial charge in [0.1, 0.15) is 0 Å². The highest BCUT2D eigenvalue weighted by Gasteiger charge is 2.26. The number of likely N-dealkylation sites (N-methyl/N-ethyl adjacent to an activating group) is 1. The monoisotopic (exact) mass is 290 g/mol. The lowest BCUT2D eigenvalue weighted by molar-refractivity contribution is 0.157. The van der Waals surface area contributed by atoms with E-state index < -0.39 is 0 Å². The molecule has 4 heteroatoms. The van der Waals surface area contributed by atoms with Crippen LogP contribution in [0.25, 0.3) is 0 Å². The summed E-state index contributed by atoms with van der Waals surface area (Å²) in [4.78, 5) is 14.0. The third-order valence-corrected chi connectivity index (χ3v) is 4.25. The molecule has 0 spiro atoms. The lowest BCUT2D eigenvalue weighted by Crippen LogP contribution is -2.47. The number of carbonyl (C=O) groups is 1. The molecule has 1 heterocycles. The second kappa shape index (κ2) is 6.48. The van der Waals surface area contributed by atoms with Crippen LogP contribution in [0.3, 0.4) is 0 Å². The smallest absolute Gasteiger partial charge is 0.317 e. The quantitative estimate of drug-likeness (QED) is 0.926. The summed E-state index contributed by atoms with van der Waals surface area (Å²) in [5.74, 6) is 0. The average Bonchev–Trinajstić information content (AvgIpc) is 2.98. The van der Waals surface area contributed by atoms with Crippen LogP contribution < -0.4 is 5.32 Å². The van der Waals surface area contributed by atoms with Gasteiger partial charge in [-0.3, -0.25) is 0 Å². The second-order valence-corrected chi connectivity index (χ2v) is 6.54. The maximum Gasteiger partial charge on any atom is 0.317 e. The molecule has 0 bridgehead atoms. The first-order valence-electron chi connectivity index (χ1n) is 7.56. The van der Waals surface area contributed by atoms with Crippen molar-refractivity contribution in [1.82, 2.24) is 10.2 Å². The number of ether oxygens (including phenoxy) is 1. The van der Waals surface area contributed by atoms with Crippen LogP contribution >= 0.6 is 0 Å². The molecule has 0 saturated carbocycles. The van der Waals surface area contributed by atoms with Crippen molar-refractivity contribution in [3.05, 3.63) is 35.4 Å². The zero-order valence-corrected chi connectivity index (χ0v) is 13.5. The summed E-state index contributed by atoms with van der Waals surface area (Å²) in [7, 11) is 1.84. The maximum absolute atomic E-state index is 12.2. The number of hydrogen-bond donors (Lipinski definition) is 1. The molecule has 1 N–H and O–H groups in total. The number of hydrogen-bond acceptors (Lipinski definition) is 2. The van der Waals surface area contributed by atoms with Crippen LogP contribution in [-0.4, -0.2) is 43.8 Å². The average molecular weight is 290 g/mol. The summed E-state index contributed by atoms with van der Waals surface area (Å²) in [6.45, 7) is 8.41. The minimum atomic E-state index is -0.0886. The maximum atomic E-state index is 12.2. The lowest BCUT2D eigenvalue weighted by Gasteiger charge is -2.29. The molecule has 1 aromatic rings. The molecule has 4 nitrogen and oxygen atoms in total. The van der Waals surface area contributed by atoms with E-state index in [2.05, 4.69) is 50.4 Å². The Hall–Kier alpha value is -1.55. The third-order valence-electron chi connectivity index (χ3n) is 4.25. The number of aryl methyl sites for hydroxylation is 1. The van der Waals surface area contributed by atoms with Crippen LogP contribution in [0.4, 0.5) is 4.79 Å². The molecule has 116 valence electrons. The third kappa shape index (κ3) is 3.97. The largest absolute Gasteiger partial charge is 0.379 e. The van der Waals surface area contributed by atoms with Crippen LogP contribution in [-0.2, 0) is 10.2 Å². The van der Waals surface area contributed by atoms with Crippen LogP contribution in [0.15, 0.2) is 24.3 Å². The van der Waals surface area contributed by atoms with Gasteiger partial charge in [-0.05, 0) is 18.9 Å². The Morgan fingerprint density at radius 1 is 1.48 bits per heavy atom. The molecule has 0 unspecified atom stereocenters. The summed E-state index contributed by atoms with van der Waals surface area (Å²) >= 11 is 0. The molecular weight excluding hydrogens is 264 g/mol. The van der Waals surface area contributed by atoms with E-state index >= 15 is 0 Å². The fraction of sp³-hybridized carbons (Fsp3) is 0.588. The van der Waals surface area contributed by atoms with Crippen molar-refractivity contribution in [2.45, 2.75) is 38.6 Å². The van der Waals surface area contributed by atoms with E-state index in [1.54, 1.807) is 4.90 Å². The fourth-order valence-electron chi connectivity index (χ4n) is 2.58. The molecule has 21 heavy (non-hydrogen) atoms. The molecule has 1 fully saturated rings. The lowest BCUT2D eigenvalue weighted by atomic mass is 9.84. The Morgan fingerprint density at radius 2 is 2.24 bits per heavy atom. The van der Waals surface area contributed by atoms with E-state index in [0.717, 1.165) is 13.0 Å². The second-order valence-electron chi connectivity index (χ2n) is 6.54. The molecule has 1 atom stereocenters. The Labute approximate surface area is 127 Å². The highest BCUT2D eigenvalue weighted by atomic mass is 16.5. The van der Waals surface area contributed by atoms with Gasteiger partial charge in [0.25, 0.3) is 0 Å². The minimum Gasteiger partial charge on any atom is -0.379 e. The van der Waals surface area contributed by atoms with Gasteiger partial charge in [-0.1, -0.05) is 43.7 Å². The highest BCUT2D eigenvalue weighted by Crippen LogP contribution is 2.23. The van der Waals surface area contributed by atoms with Gasteiger partial charge in [0.05, 0.1) is 12.6 Å². The SMILES string of the molecule is Cc1cccc(C(C)(C)CNC(=O)N(C)[C@H]2CCOC2)c1. The molecule has 2 rings (SSSR count). The summed E-state index contributed by atoms with van der Waals surface area (Å²) in [6.07, 6.45) is 0.922.